The Morgan fingerprint density at radius 3 is 2.42 bits per heavy atom. The van der Waals surface area contributed by atoms with Crippen molar-refractivity contribution in [1.29, 1.82) is 0 Å². The number of fused-ring (bicyclic) bond motifs is 9. The van der Waals surface area contributed by atoms with E-state index in [9.17, 15) is 40.5 Å². The molecule has 3 aliphatic heterocycles. The number of ether oxygens (including phenoxy) is 3. The number of hydrogen-bond donors (Lipinski definition) is 7. The zero-order chi connectivity index (χ0) is 37.0. The molecule has 11 nitrogen and oxygen atoms in total. The smallest absolute Gasteiger partial charge is 0.335 e. The molecule has 52 heavy (non-hydrogen) atoms. The van der Waals surface area contributed by atoms with Gasteiger partial charge in [0, 0.05) is 13.0 Å². The van der Waals surface area contributed by atoms with Crippen LogP contribution in [0.15, 0.2) is 61.2 Å². The number of aliphatic hydroxyl groups excluding tert-OH is 4. The van der Waals surface area contributed by atoms with Crippen molar-refractivity contribution in [2.24, 2.45) is 23.7 Å². The van der Waals surface area contributed by atoms with Crippen LogP contribution in [0.3, 0.4) is 0 Å². The van der Waals surface area contributed by atoms with Crippen LogP contribution in [0.1, 0.15) is 79.3 Å². The SMILES string of the molecule is C=CCc1ccc(O[C@H]2O[C@H]3[C@@H](O)[C@H](O)[C@]2(O)C[C@H]([C@H]2CC[C@@H]4C[C@H](Cc5ccc(C(=O)O)cc5)C[C@@]4(O)C2)[C@@H](O)CC#CO[C@H]3CCCO)cc1. The number of rotatable bonds is 11. The van der Waals surface area contributed by atoms with Crippen LogP contribution >= 0.6 is 0 Å². The molecule has 2 bridgehead atoms. The van der Waals surface area contributed by atoms with E-state index >= 15 is 0 Å². The summed E-state index contributed by atoms with van der Waals surface area (Å²) < 4.78 is 18.4. The number of hydrogen-bond acceptors (Lipinski definition) is 10. The highest BCUT2D eigenvalue weighted by Gasteiger charge is 2.60. The Morgan fingerprint density at radius 2 is 1.73 bits per heavy atom. The molecule has 7 rings (SSSR count). The molecule has 2 aromatic carbocycles. The lowest BCUT2D eigenvalue weighted by atomic mass is 9.64. The summed E-state index contributed by atoms with van der Waals surface area (Å²) in [4.78, 5) is 11.3. The molecule has 7 N–H and O–H groups in total. The summed E-state index contributed by atoms with van der Waals surface area (Å²) in [6.45, 7) is 3.63. The maximum absolute atomic E-state index is 12.5. The van der Waals surface area contributed by atoms with Crippen LogP contribution in [0.4, 0.5) is 0 Å². The van der Waals surface area contributed by atoms with Crippen molar-refractivity contribution in [3.8, 4) is 17.8 Å². The molecule has 3 heterocycles. The third-order valence-electron chi connectivity index (χ3n) is 11.9. The van der Waals surface area contributed by atoms with Crippen molar-refractivity contribution >= 4 is 5.97 Å². The highest BCUT2D eigenvalue weighted by molar-refractivity contribution is 5.87. The van der Waals surface area contributed by atoms with Gasteiger partial charge in [0.15, 0.2) is 5.60 Å². The average molecular weight is 721 g/mol. The minimum Gasteiger partial charge on any atom is -0.478 e. The fraction of sp³-hybridized carbons (Fsp3) is 0.585. The molecule has 11 heteroatoms. The normalized spacial score (nSPS) is 37.3. The first-order chi connectivity index (χ1) is 24.9. The van der Waals surface area contributed by atoms with Crippen LogP contribution in [0.2, 0.25) is 0 Å². The largest absolute Gasteiger partial charge is 0.478 e. The van der Waals surface area contributed by atoms with E-state index in [4.69, 9.17) is 14.2 Å². The van der Waals surface area contributed by atoms with Crippen molar-refractivity contribution < 1.29 is 54.8 Å². The fourth-order valence-corrected chi connectivity index (χ4v) is 9.21. The highest BCUT2D eigenvalue weighted by Crippen LogP contribution is 2.54. The van der Waals surface area contributed by atoms with Crippen LogP contribution in [0.25, 0.3) is 0 Å². The topological polar surface area (TPSA) is 186 Å². The van der Waals surface area contributed by atoms with E-state index in [0.29, 0.717) is 50.7 Å². The van der Waals surface area contributed by atoms with Gasteiger partial charge in [-0.25, -0.2) is 4.79 Å². The van der Waals surface area contributed by atoms with Gasteiger partial charge in [0.1, 0.15) is 36.3 Å². The molecule has 282 valence electrons. The Morgan fingerprint density at radius 1 is 1.00 bits per heavy atom. The lowest BCUT2D eigenvalue weighted by Crippen LogP contribution is -2.70. The van der Waals surface area contributed by atoms with Crippen molar-refractivity contribution in [1.82, 2.24) is 0 Å². The van der Waals surface area contributed by atoms with Gasteiger partial charge in [-0.3, -0.25) is 0 Å². The van der Waals surface area contributed by atoms with E-state index < -0.39 is 59.9 Å². The first-order valence-electron chi connectivity index (χ1n) is 18.5. The summed E-state index contributed by atoms with van der Waals surface area (Å²) in [7, 11) is 0. The number of benzene rings is 2. The monoisotopic (exact) mass is 720 g/mol. The molecule has 2 saturated carbocycles. The Kier molecular flexibility index (Phi) is 12.0. The van der Waals surface area contributed by atoms with Gasteiger partial charge in [0.25, 0.3) is 0 Å². The lowest BCUT2D eigenvalue weighted by molar-refractivity contribution is -0.334. The Hall–Kier alpha value is -3.47. The van der Waals surface area contributed by atoms with Crippen LogP contribution in [0, 0.1) is 35.7 Å². The van der Waals surface area contributed by atoms with Gasteiger partial charge in [0.05, 0.1) is 17.3 Å². The number of carboxylic acid groups (broad SMARTS) is 1. The third kappa shape index (κ3) is 8.19. The van der Waals surface area contributed by atoms with E-state index in [1.807, 2.05) is 24.3 Å². The predicted molar refractivity (Wildman–Crippen MR) is 190 cm³/mol. The molecular formula is C41H52O11. The van der Waals surface area contributed by atoms with Crippen molar-refractivity contribution in [2.45, 2.75) is 119 Å². The van der Waals surface area contributed by atoms with Crippen LogP contribution < -0.4 is 4.74 Å². The molecule has 12 atom stereocenters. The van der Waals surface area contributed by atoms with Crippen LogP contribution in [-0.2, 0) is 22.3 Å². The molecule has 0 unspecified atom stereocenters. The van der Waals surface area contributed by atoms with Crippen molar-refractivity contribution in [2.75, 3.05) is 6.61 Å². The minimum absolute atomic E-state index is 0.0151. The van der Waals surface area contributed by atoms with Gasteiger partial charge in [-0.05, 0) is 123 Å². The van der Waals surface area contributed by atoms with Gasteiger partial charge < -0.3 is 50.0 Å². The van der Waals surface area contributed by atoms with Crippen molar-refractivity contribution in [3.63, 3.8) is 0 Å². The molecule has 0 spiro atoms. The number of aromatic carboxylic acids is 1. The van der Waals surface area contributed by atoms with Gasteiger partial charge in [0.2, 0.25) is 6.29 Å². The van der Waals surface area contributed by atoms with E-state index in [1.54, 1.807) is 30.3 Å². The fourth-order valence-electron chi connectivity index (χ4n) is 9.21. The lowest BCUT2D eigenvalue weighted by Gasteiger charge is -2.52. The van der Waals surface area contributed by atoms with Gasteiger partial charge >= 0.3 is 5.97 Å². The van der Waals surface area contributed by atoms with Gasteiger partial charge in [-0.15, -0.1) is 6.58 Å². The Labute approximate surface area is 304 Å². The molecule has 0 amide bonds. The van der Waals surface area contributed by atoms with E-state index in [-0.39, 0.29) is 49.2 Å². The predicted octanol–water partition coefficient (Wildman–Crippen LogP) is 3.36. The molecule has 2 aromatic rings. The number of carbonyl (C=O) groups is 1. The van der Waals surface area contributed by atoms with Gasteiger partial charge in [-0.2, -0.15) is 0 Å². The van der Waals surface area contributed by atoms with E-state index in [1.165, 1.54) is 0 Å². The van der Waals surface area contributed by atoms with Crippen LogP contribution in [0.5, 0.6) is 5.75 Å². The second kappa shape index (κ2) is 16.3. The number of allylic oxidation sites excluding steroid dienone is 1. The second-order valence-corrected chi connectivity index (χ2v) is 15.4. The molecular weight excluding hydrogens is 668 g/mol. The Balaban J connectivity index is 1.27. The molecule has 5 aliphatic rings. The second-order valence-electron chi connectivity index (χ2n) is 15.4. The summed E-state index contributed by atoms with van der Waals surface area (Å²) in [5.74, 6) is 1.58. The Bertz CT molecular complexity index is 1580. The van der Waals surface area contributed by atoms with Crippen molar-refractivity contribution in [3.05, 3.63) is 77.9 Å². The zero-order valence-corrected chi connectivity index (χ0v) is 29.4. The molecule has 0 aromatic heterocycles. The maximum Gasteiger partial charge on any atom is 0.335 e. The summed E-state index contributed by atoms with van der Waals surface area (Å²) in [6, 6.07) is 14.0. The highest BCUT2D eigenvalue weighted by atomic mass is 16.7. The van der Waals surface area contributed by atoms with E-state index in [2.05, 4.69) is 18.6 Å². The number of carboxylic acids is 1. The zero-order valence-electron chi connectivity index (χ0n) is 29.4. The third-order valence-corrected chi connectivity index (χ3v) is 11.9. The number of aliphatic hydroxyl groups is 6. The molecule has 2 aliphatic carbocycles. The molecule has 1 saturated heterocycles. The quantitative estimate of drug-likeness (QED) is 0.133. The maximum atomic E-state index is 12.5. The summed E-state index contributed by atoms with van der Waals surface area (Å²) in [6.07, 6.45) is 1.30. The average Bonchev–Trinajstić information content (AvgIpc) is 3.46. The summed E-state index contributed by atoms with van der Waals surface area (Å²) in [5, 5.41) is 78.4. The van der Waals surface area contributed by atoms with Crippen LogP contribution in [-0.4, -0.2) is 96.3 Å². The first kappa shape index (κ1) is 38.3. The first-order valence-corrected chi connectivity index (χ1v) is 18.5. The summed E-state index contributed by atoms with van der Waals surface area (Å²) >= 11 is 0. The van der Waals surface area contributed by atoms with E-state index in [0.717, 1.165) is 17.5 Å². The molecule has 0 radical (unpaired) electrons. The molecule has 3 fully saturated rings. The minimum atomic E-state index is -2.19. The van der Waals surface area contributed by atoms with Gasteiger partial charge in [-0.1, -0.05) is 36.3 Å². The summed E-state index contributed by atoms with van der Waals surface area (Å²) in [5.41, 5.74) is -0.962. The standard InChI is InChI=1S/C41H52O11/c1-2-5-25-10-16-31(17-11-25)51-39-41(49)24-32(33(43)6-4-19-50-34(7-3-18-42)36(52-39)35(44)37(41)45)29-14-15-30-21-27(22-40(30,48)23-29)20-26-8-12-28(13-9-26)38(46)47/h2,8-13,16-17,27,29-30,32-37,39,42-45,48-49H,1,3,5-7,14-15,18,20-24H2,(H,46,47)/t27-,29-,30+,32+,33-,34-,35+,36+,37-,39-,40+,41+/m0/s1.